The average Bonchev–Trinajstić information content (AvgIpc) is 2.75. The Labute approximate surface area is 177 Å². The molecule has 0 saturated carbocycles. The van der Waals surface area contributed by atoms with Gasteiger partial charge in [-0.15, -0.1) is 0 Å². The van der Waals surface area contributed by atoms with Crippen molar-refractivity contribution in [2.24, 2.45) is 10.7 Å². The molecule has 1 aromatic heterocycles. The fourth-order valence-electron chi connectivity index (χ4n) is 2.76. The minimum absolute atomic E-state index is 0.0921. The molecular weight excluding hydrogens is 432 g/mol. The zero-order valence-corrected chi connectivity index (χ0v) is 17.3. The van der Waals surface area contributed by atoms with Gasteiger partial charge >= 0.3 is 0 Å². The van der Waals surface area contributed by atoms with E-state index < -0.39 is 0 Å². The minimum atomic E-state index is -0.314. The predicted molar refractivity (Wildman–Crippen MR) is 117 cm³/mol. The molecule has 2 aromatic carbocycles. The van der Waals surface area contributed by atoms with E-state index in [0.717, 1.165) is 10.0 Å². The van der Waals surface area contributed by atoms with Gasteiger partial charge in [0.05, 0.1) is 0 Å². The summed E-state index contributed by atoms with van der Waals surface area (Å²) in [5, 5.41) is 2.76. The molecule has 0 bridgehead atoms. The van der Waals surface area contributed by atoms with Gasteiger partial charge in [-0.1, -0.05) is 42.5 Å². The lowest BCUT2D eigenvalue weighted by atomic mass is 9.97. The Balaban J connectivity index is 1.77. The summed E-state index contributed by atoms with van der Waals surface area (Å²) in [4.78, 5) is 33.5. The number of nitrogens with one attached hydrogen (secondary N) is 1. The number of ketones is 1. The van der Waals surface area contributed by atoms with E-state index in [1.165, 1.54) is 0 Å². The summed E-state index contributed by atoms with van der Waals surface area (Å²) in [5.41, 5.74) is 8.16. The molecule has 1 heterocycles. The van der Waals surface area contributed by atoms with Crippen molar-refractivity contribution in [1.82, 2.24) is 4.98 Å². The Morgan fingerprint density at radius 2 is 1.72 bits per heavy atom. The Kier molecular flexibility index (Phi) is 6.51. The van der Waals surface area contributed by atoms with Crippen LogP contribution in [0.4, 0.5) is 5.82 Å². The zero-order valence-electron chi connectivity index (χ0n) is 15.7. The molecule has 1 amide bonds. The van der Waals surface area contributed by atoms with Gasteiger partial charge < -0.3 is 11.1 Å². The van der Waals surface area contributed by atoms with Crippen LogP contribution in [0.5, 0.6) is 0 Å². The van der Waals surface area contributed by atoms with Gasteiger partial charge in [-0.25, -0.2) is 4.98 Å². The molecule has 3 N–H and O–H groups in total. The van der Waals surface area contributed by atoms with Gasteiger partial charge in [0.25, 0.3) is 5.91 Å². The van der Waals surface area contributed by atoms with Crippen molar-refractivity contribution in [1.29, 1.82) is 0 Å². The van der Waals surface area contributed by atoms with E-state index in [1.807, 2.05) is 0 Å². The van der Waals surface area contributed by atoms with Crippen molar-refractivity contribution in [3.05, 3.63) is 93.6 Å². The number of nitrogens with two attached hydrogens (primary N) is 1. The number of amidine groups is 1. The molecule has 0 radical (unpaired) electrons. The van der Waals surface area contributed by atoms with Gasteiger partial charge in [0.15, 0.2) is 5.78 Å². The van der Waals surface area contributed by atoms with Crippen LogP contribution < -0.4 is 11.1 Å². The van der Waals surface area contributed by atoms with Crippen LogP contribution in [0.25, 0.3) is 0 Å². The Bertz CT molecular complexity index is 1060. The second kappa shape index (κ2) is 9.25. The van der Waals surface area contributed by atoms with Crippen LogP contribution in [0.1, 0.15) is 31.8 Å². The first kappa shape index (κ1) is 20.4. The number of aromatic nitrogens is 1. The van der Waals surface area contributed by atoms with Crippen molar-refractivity contribution >= 4 is 39.3 Å². The van der Waals surface area contributed by atoms with Crippen LogP contribution in [-0.2, 0) is 6.42 Å². The predicted octanol–water partition coefficient (Wildman–Crippen LogP) is 3.86. The molecule has 146 valence electrons. The van der Waals surface area contributed by atoms with Gasteiger partial charge in [0.2, 0.25) is 0 Å². The number of carbonyl (C=O) groups is 2. The molecule has 0 saturated heterocycles. The number of carbonyl (C=O) groups excluding carboxylic acids is 2. The van der Waals surface area contributed by atoms with E-state index >= 15 is 0 Å². The average molecular weight is 451 g/mol. The minimum Gasteiger partial charge on any atom is -0.384 e. The Hall–Kier alpha value is -3.32. The topological polar surface area (TPSA) is 97.4 Å². The number of rotatable bonds is 6. The molecule has 6 nitrogen and oxygen atoms in total. The van der Waals surface area contributed by atoms with Crippen LogP contribution >= 0.6 is 15.9 Å². The van der Waals surface area contributed by atoms with Crippen LogP contribution in [0.3, 0.4) is 0 Å². The number of halogens is 1. The highest BCUT2D eigenvalue weighted by molar-refractivity contribution is 9.10. The Morgan fingerprint density at radius 3 is 2.38 bits per heavy atom. The quantitative estimate of drug-likeness (QED) is 0.338. The third-order valence-corrected chi connectivity index (χ3v) is 4.79. The zero-order chi connectivity index (χ0) is 20.8. The molecule has 0 aliphatic heterocycles. The lowest BCUT2D eigenvalue weighted by Crippen LogP contribution is -2.17. The van der Waals surface area contributed by atoms with Crippen LogP contribution in [0.2, 0.25) is 0 Å². The molecule has 0 fully saturated rings. The number of benzene rings is 2. The van der Waals surface area contributed by atoms with Crippen molar-refractivity contribution in [2.45, 2.75) is 6.42 Å². The molecule has 29 heavy (non-hydrogen) atoms. The molecule has 3 aromatic rings. The van der Waals surface area contributed by atoms with E-state index in [2.05, 4.69) is 31.2 Å². The number of aliphatic imine (C=N–C) groups is 1. The first-order valence-electron chi connectivity index (χ1n) is 8.84. The third kappa shape index (κ3) is 5.14. The maximum Gasteiger partial charge on any atom is 0.257 e. The van der Waals surface area contributed by atoms with E-state index in [9.17, 15) is 9.59 Å². The number of hydrogen-bond donors (Lipinski definition) is 2. The van der Waals surface area contributed by atoms with Crippen LogP contribution in [0.15, 0.2) is 76.3 Å². The first-order chi connectivity index (χ1) is 14.0. The van der Waals surface area contributed by atoms with E-state index in [4.69, 9.17) is 5.73 Å². The van der Waals surface area contributed by atoms with E-state index in [0.29, 0.717) is 28.3 Å². The monoisotopic (exact) mass is 450 g/mol. The second-order valence-electron chi connectivity index (χ2n) is 6.26. The fourth-order valence-corrected chi connectivity index (χ4v) is 2.99. The summed E-state index contributed by atoms with van der Waals surface area (Å²) in [7, 11) is 1.61. The summed E-state index contributed by atoms with van der Waals surface area (Å²) in [6.07, 6.45) is 1.71. The van der Waals surface area contributed by atoms with Crippen molar-refractivity contribution in [3.63, 3.8) is 0 Å². The van der Waals surface area contributed by atoms with Crippen molar-refractivity contribution < 1.29 is 9.59 Å². The molecule has 7 heteroatoms. The molecular formula is C22H19BrN4O2. The normalized spacial score (nSPS) is 11.2. The van der Waals surface area contributed by atoms with Gasteiger partial charge in [0.1, 0.15) is 11.7 Å². The summed E-state index contributed by atoms with van der Waals surface area (Å²) in [5.74, 6) is 0.439. The largest absolute Gasteiger partial charge is 0.384 e. The number of Topliss-reactive ketones (excluding diaryl/α,β-unsaturated/α-hetero) is 1. The summed E-state index contributed by atoms with van der Waals surface area (Å²) >= 11 is 3.31. The van der Waals surface area contributed by atoms with Crippen molar-refractivity contribution in [3.8, 4) is 0 Å². The molecule has 0 aliphatic rings. The molecule has 0 aliphatic carbocycles. The van der Waals surface area contributed by atoms with Gasteiger partial charge in [-0.2, -0.15) is 0 Å². The molecule has 0 unspecified atom stereocenters. The maximum atomic E-state index is 12.7. The standard InChI is InChI=1S/C22H19BrN4O2/c1-25-21(24)15-8-6-14(7-9-15)19(28)12-16-4-2-3-5-18(16)22(29)27-20-11-10-17(23)13-26-20/h2-11,13H,12H2,1H3,(H2,24,25)(H,26,27,29). The van der Waals surface area contributed by atoms with Crippen LogP contribution in [0, 0.1) is 0 Å². The smallest absolute Gasteiger partial charge is 0.257 e. The van der Waals surface area contributed by atoms with Crippen molar-refractivity contribution in [2.75, 3.05) is 12.4 Å². The lowest BCUT2D eigenvalue weighted by molar-refractivity contribution is 0.0992. The first-order valence-corrected chi connectivity index (χ1v) is 9.64. The number of hydrogen-bond acceptors (Lipinski definition) is 4. The van der Waals surface area contributed by atoms with Gasteiger partial charge in [-0.05, 0) is 39.7 Å². The highest BCUT2D eigenvalue weighted by atomic mass is 79.9. The number of nitrogens with zero attached hydrogens (tertiary/aromatic N) is 2. The molecule has 0 atom stereocenters. The third-order valence-electron chi connectivity index (χ3n) is 4.33. The second-order valence-corrected chi connectivity index (χ2v) is 7.17. The number of anilines is 1. The highest BCUT2D eigenvalue weighted by Crippen LogP contribution is 2.16. The lowest BCUT2D eigenvalue weighted by Gasteiger charge is -2.10. The fraction of sp³-hybridized carbons (Fsp3) is 0.0909. The number of pyridine rings is 1. The van der Waals surface area contributed by atoms with Crippen LogP contribution in [-0.4, -0.2) is 29.6 Å². The summed E-state index contributed by atoms with van der Waals surface area (Å²) in [6, 6.07) is 17.5. The maximum absolute atomic E-state index is 12.7. The number of amides is 1. The molecule has 0 spiro atoms. The summed E-state index contributed by atoms with van der Waals surface area (Å²) < 4.78 is 0.819. The SMILES string of the molecule is CN=C(N)c1ccc(C(=O)Cc2ccccc2C(=O)Nc2ccc(Br)cn2)cc1. The van der Waals surface area contributed by atoms with E-state index in [1.54, 1.807) is 73.9 Å². The highest BCUT2D eigenvalue weighted by Gasteiger charge is 2.15. The molecule has 3 rings (SSSR count). The summed E-state index contributed by atoms with van der Waals surface area (Å²) in [6.45, 7) is 0. The van der Waals surface area contributed by atoms with Gasteiger partial charge in [-0.3, -0.25) is 14.6 Å². The van der Waals surface area contributed by atoms with Gasteiger partial charge in [0, 0.05) is 40.8 Å². The Morgan fingerprint density at radius 1 is 1.03 bits per heavy atom. The van der Waals surface area contributed by atoms with E-state index in [-0.39, 0.29) is 18.1 Å².